The molecule has 346 valence electrons. The molecule has 6 aromatic carbocycles. The second kappa shape index (κ2) is 24.1. The van der Waals surface area contributed by atoms with Gasteiger partial charge >= 0.3 is 11.6 Å². The highest BCUT2D eigenvalue weighted by atomic mass is 17.2. The van der Waals surface area contributed by atoms with E-state index in [4.69, 9.17) is 62.5 Å². The van der Waals surface area contributed by atoms with Gasteiger partial charge in [0, 0.05) is 13.0 Å². The highest BCUT2D eigenvalue weighted by Crippen LogP contribution is 2.38. The lowest BCUT2D eigenvalue weighted by atomic mass is 9.99. The molecule has 15 heteroatoms. The fraction of sp³-hybridized carbons (Fsp3) is 0.231. The Morgan fingerprint density at radius 1 is 0.507 bits per heavy atom. The van der Waals surface area contributed by atoms with E-state index in [2.05, 4.69) is 0 Å². The third-order valence-electron chi connectivity index (χ3n) is 10.2. The van der Waals surface area contributed by atoms with E-state index in [1.54, 1.807) is 6.07 Å². The maximum atomic E-state index is 14.2. The Balaban J connectivity index is 1.16. The first kappa shape index (κ1) is 46.8. The van der Waals surface area contributed by atoms with Gasteiger partial charge in [-0.25, -0.2) is 43.9 Å². The molecule has 1 aliphatic rings. The molecule has 1 saturated heterocycles. The summed E-state index contributed by atoms with van der Waals surface area (Å²) in [5.74, 6) is -0.787. The molecule has 1 fully saturated rings. The number of carbonyl (C=O) groups excluding carboxylic acids is 1. The van der Waals surface area contributed by atoms with Crippen molar-refractivity contribution in [2.24, 2.45) is 0 Å². The van der Waals surface area contributed by atoms with E-state index in [0.29, 0.717) is 5.39 Å². The lowest BCUT2D eigenvalue weighted by molar-refractivity contribution is -0.481. The molecule has 0 saturated carbocycles. The van der Waals surface area contributed by atoms with Crippen molar-refractivity contribution in [3.05, 3.63) is 208 Å². The number of esters is 1. The quantitative estimate of drug-likeness (QED) is 0.0149. The summed E-state index contributed by atoms with van der Waals surface area (Å²) in [6.45, 7) is 1.18. The average molecular weight is 913 g/mol. The second-order valence-electron chi connectivity index (χ2n) is 15.2. The standard InChI is InChI=1S/C52H48O15/c1-36(53)61-42-27-28-43-44(29-42)62-51(54)49(46(43)55-30-37-17-7-2-8-18-37)64-52-50(67-60-34-41-25-15-6-16-26-41)48(66-59-33-40-23-13-5-14-24-40)47(65-58-32-39-21-11-4-12-22-39)45(63-52)35-57-56-31-38-19-9-3-10-20-38/h2-29,45,47-48,50,52H,30-35H2,1H3/t45-,47-,48+,50-,52+/m1/s1. The molecule has 0 aliphatic carbocycles. The van der Waals surface area contributed by atoms with E-state index >= 15 is 0 Å². The fourth-order valence-corrected chi connectivity index (χ4v) is 6.96. The van der Waals surface area contributed by atoms with E-state index in [-0.39, 0.29) is 62.5 Å². The Labute approximate surface area is 385 Å². The lowest BCUT2D eigenvalue weighted by Crippen LogP contribution is -2.62. The summed E-state index contributed by atoms with van der Waals surface area (Å²) in [5, 5.41) is 0.318. The molecule has 2 heterocycles. The average Bonchev–Trinajstić information content (AvgIpc) is 3.35. The van der Waals surface area contributed by atoms with Gasteiger partial charge in [-0.15, -0.1) is 0 Å². The monoisotopic (exact) mass is 912 g/mol. The molecule has 0 unspecified atom stereocenters. The Morgan fingerprint density at radius 3 is 1.48 bits per heavy atom. The maximum Gasteiger partial charge on any atom is 0.383 e. The van der Waals surface area contributed by atoms with Crippen molar-refractivity contribution in [1.29, 1.82) is 0 Å². The van der Waals surface area contributed by atoms with Crippen LogP contribution in [0.4, 0.5) is 0 Å². The van der Waals surface area contributed by atoms with Gasteiger partial charge in [0.25, 0.3) is 5.75 Å². The first-order valence-electron chi connectivity index (χ1n) is 21.5. The van der Waals surface area contributed by atoms with E-state index in [1.165, 1.54) is 19.1 Å². The summed E-state index contributed by atoms with van der Waals surface area (Å²) < 4.78 is 30.7. The molecular formula is C52H48O15. The third kappa shape index (κ3) is 13.4. The summed E-state index contributed by atoms with van der Waals surface area (Å²) in [6.07, 6.45) is -6.55. The van der Waals surface area contributed by atoms with Gasteiger partial charge in [-0.2, -0.15) is 0 Å². The van der Waals surface area contributed by atoms with Gasteiger partial charge in [0.05, 0.1) is 5.39 Å². The van der Waals surface area contributed by atoms with Crippen molar-refractivity contribution < 1.29 is 67.3 Å². The number of fused-ring (bicyclic) bond motifs is 1. The minimum atomic E-state index is -1.56. The smallest absolute Gasteiger partial charge is 0.383 e. The van der Waals surface area contributed by atoms with Gasteiger partial charge in [0.15, 0.2) is 24.1 Å². The van der Waals surface area contributed by atoms with Crippen LogP contribution in [-0.2, 0) is 81.7 Å². The maximum absolute atomic E-state index is 14.2. The van der Waals surface area contributed by atoms with Crippen LogP contribution in [0.1, 0.15) is 34.7 Å². The Bertz CT molecular complexity index is 2630. The van der Waals surface area contributed by atoms with Gasteiger partial charge < -0.3 is 23.4 Å². The van der Waals surface area contributed by atoms with Crippen LogP contribution in [0.15, 0.2) is 179 Å². The third-order valence-corrected chi connectivity index (χ3v) is 10.2. The zero-order valence-electron chi connectivity index (χ0n) is 36.4. The van der Waals surface area contributed by atoms with Crippen LogP contribution in [0.3, 0.4) is 0 Å². The number of rotatable bonds is 23. The molecule has 15 nitrogen and oxygen atoms in total. The van der Waals surface area contributed by atoms with E-state index < -0.39 is 42.3 Å². The van der Waals surface area contributed by atoms with Crippen molar-refractivity contribution in [1.82, 2.24) is 0 Å². The number of hydrogen-bond acceptors (Lipinski definition) is 15. The zero-order valence-corrected chi connectivity index (χ0v) is 36.4. The summed E-state index contributed by atoms with van der Waals surface area (Å²) in [7, 11) is 0. The van der Waals surface area contributed by atoms with Gasteiger partial charge in [-0.1, -0.05) is 152 Å². The van der Waals surface area contributed by atoms with Crippen molar-refractivity contribution in [3.63, 3.8) is 0 Å². The summed E-state index contributed by atoms with van der Waals surface area (Å²) >= 11 is 0. The summed E-state index contributed by atoms with van der Waals surface area (Å²) in [5.41, 5.74) is 3.17. The fourth-order valence-electron chi connectivity index (χ4n) is 6.96. The number of ether oxygens (including phenoxy) is 4. The molecule has 0 amide bonds. The van der Waals surface area contributed by atoms with Gasteiger partial charge in [0.1, 0.15) is 57.1 Å². The van der Waals surface area contributed by atoms with Crippen LogP contribution in [-0.4, -0.2) is 43.3 Å². The molecule has 1 aliphatic heterocycles. The van der Waals surface area contributed by atoms with Crippen LogP contribution >= 0.6 is 0 Å². The minimum absolute atomic E-state index is 0.00149. The highest BCUT2D eigenvalue weighted by molar-refractivity contribution is 5.87. The van der Waals surface area contributed by atoms with Crippen molar-refractivity contribution in [2.45, 2.75) is 70.7 Å². The molecule has 7 aromatic rings. The number of benzene rings is 6. The highest BCUT2D eigenvalue weighted by Gasteiger charge is 2.53. The van der Waals surface area contributed by atoms with Gasteiger partial charge in [0.2, 0.25) is 6.29 Å². The molecular weight excluding hydrogens is 865 g/mol. The summed E-state index contributed by atoms with van der Waals surface area (Å²) in [4.78, 5) is 73.7. The predicted octanol–water partition coefficient (Wildman–Crippen LogP) is 9.10. The van der Waals surface area contributed by atoms with Crippen LogP contribution in [0.2, 0.25) is 0 Å². The largest absolute Gasteiger partial charge is 0.484 e. The van der Waals surface area contributed by atoms with Gasteiger partial charge in [-0.3, -0.25) is 4.79 Å². The van der Waals surface area contributed by atoms with Crippen molar-refractivity contribution >= 4 is 16.9 Å². The van der Waals surface area contributed by atoms with Crippen molar-refractivity contribution in [2.75, 3.05) is 6.61 Å². The molecule has 0 spiro atoms. The van der Waals surface area contributed by atoms with Crippen molar-refractivity contribution in [3.8, 4) is 17.2 Å². The number of carbonyl (C=O) groups is 1. The first-order chi connectivity index (χ1) is 33.0. The Kier molecular flexibility index (Phi) is 16.8. The SMILES string of the molecule is CC(=O)Oc1ccc2c(OCc3ccccc3)c(O[C@@H]3O[C@H](COOCc4ccccc4)[C@@H](OOCc4ccccc4)[C@H](OOCc4ccccc4)[C@H]3OOCc3ccccc3)c(=O)oc2c1. The van der Waals surface area contributed by atoms with E-state index in [0.717, 1.165) is 27.8 Å². The molecule has 0 radical (unpaired) electrons. The predicted molar refractivity (Wildman–Crippen MR) is 239 cm³/mol. The first-order valence-corrected chi connectivity index (χ1v) is 21.5. The lowest BCUT2D eigenvalue weighted by Gasteiger charge is -2.43. The van der Waals surface area contributed by atoms with Crippen LogP contribution in [0.25, 0.3) is 11.0 Å². The number of hydrogen-bond donors (Lipinski definition) is 0. The topological polar surface area (TPSA) is 158 Å². The zero-order chi connectivity index (χ0) is 46.0. The normalized spacial score (nSPS) is 18.1. The second-order valence-corrected chi connectivity index (χ2v) is 15.2. The molecule has 8 rings (SSSR count). The molecule has 67 heavy (non-hydrogen) atoms. The molecule has 1 aromatic heterocycles. The van der Waals surface area contributed by atoms with Gasteiger partial charge in [-0.05, 0) is 39.9 Å². The van der Waals surface area contributed by atoms with Crippen LogP contribution in [0.5, 0.6) is 17.2 Å². The Hall–Kier alpha value is -6.76. The summed E-state index contributed by atoms with van der Waals surface area (Å²) in [6, 6.07) is 51.4. The Morgan fingerprint density at radius 2 is 0.970 bits per heavy atom. The van der Waals surface area contributed by atoms with Crippen LogP contribution in [0, 0.1) is 0 Å². The van der Waals surface area contributed by atoms with E-state index in [9.17, 15) is 9.59 Å². The molecule has 0 bridgehead atoms. The molecule has 5 atom stereocenters. The van der Waals surface area contributed by atoms with E-state index in [1.807, 2.05) is 152 Å². The minimum Gasteiger partial charge on any atom is -0.484 e. The van der Waals surface area contributed by atoms with Crippen LogP contribution < -0.4 is 19.8 Å². The molecule has 0 N–H and O–H groups in total.